The second-order valence-corrected chi connectivity index (χ2v) is 5.21. The number of amides is 1. The van der Waals surface area contributed by atoms with Crippen LogP contribution in [0.15, 0.2) is 30.3 Å². The van der Waals surface area contributed by atoms with Crippen molar-refractivity contribution in [1.82, 2.24) is 0 Å². The fourth-order valence-corrected chi connectivity index (χ4v) is 2.67. The predicted molar refractivity (Wildman–Crippen MR) is 73.0 cm³/mol. The fraction of sp³-hybridized carbons (Fsp3) is 0.467. The number of carbonyl (C=O) groups excluding carboxylic acids is 2. The number of piperidine rings is 1. The molecule has 0 bridgehead atoms. The van der Waals surface area contributed by atoms with Crippen molar-refractivity contribution >= 4 is 17.6 Å². The molecule has 0 unspecified atom stereocenters. The molecule has 2 N–H and O–H groups in total. The molecule has 1 aromatic carbocycles. The van der Waals surface area contributed by atoms with Gasteiger partial charge in [0.25, 0.3) is 0 Å². The summed E-state index contributed by atoms with van der Waals surface area (Å²) in [6.45, 7) is 1.61. The highest BCUT2D eigenvalue weighted by molar-refractivity contribution is 5.93. The van der Waals surface area contributed by atoms with E-state index in [1.165, 1.54) is 0 Å². The van der Waals surface area contributed by atoms with Gasteiger partial charge in [-0.2, -0.15) is 0 Å². The summed E-state index contributed by atoms with van der Waals surface area (Å²) < 4.78 is 0. The Morgan fingerprint density at radius 3 is 2.40 bits per heavy atom. The van der Waals surface area contributed by atoms with Crippen molar-refractivity contribution in [3.63, 3.8) is 0 Å². The topological polar surface area (TPSA) is 73.7 Å². The molecule has 1 aliphatic heterocycles. The van der Waals surface area contributed by atoms with Crippen molar-refractivity contribution < 1.29 is 19.6 Å². The van der Waals surface area contributed by atoms with Crippen molar-refractivity contribution in [2.24, 2.45) is 0 Å². The summed E-state index contributed by atoms with van der Waals surface area (Å²) in [5.74, 6) is -1.41. The van der Waals surface area contributed by atoms with Crippen molar-refractivity contribution in [2.45, 2.75) is 31.7 Å². The third-order valence-electron chi connectivity index (χ3n) is 3.72. The number of benzene rings is 1. The van der Waals surface area contributed by atoms with Crippen LogP contribution < -0.4 is 15.3 Å². The first-order valence-electron chi connectivity index (χ1n) is 7.07. The maximum Gasteiger partial charge on any atom is 0.230 e. The summed E-state index contributed by atoms with van der Waals surface area (Å²) >= 11 is 0. The fourth-order valence-electron chi connectivity index (χ4n) is 2.67. The molecule has 1 atom stereocenters. The van der Waals surface area contributed by atoms with Gasteiger partial charge in [0.15, 0.2) is 0 Å². The Hall–Kier alpha value is -1.88. The number of carboxylic acid groups (broad SMARTS) is 1. The molecule has 2 rings (SSSR count). The van der Waals surface area contributed by atoms with Crippen molar-refractivity contribution in [3.8, 4) is 0 Å². The second kappa shape index (κ2) is 7.05. The van der Waals surface area contributed by atoms with Gasteiger partial charge >= 0.3 is 0 Å². The van der Waals surface area contributed by atoms with E-state index >= 15 is 0 Å². The van der Waals surface area contributed by atoms with Crippen LogP contribution >= 0.6 is 0 Å². The van der Waals surface area contributed by atoms with Gasteiger partial charge in [-0.1, -0.05) is 18.2 Å². The lowest BCUT2D eigenvalue weighted by atomic mass is 10.1. The van der Waals surface area contributed by atoms with Gasteiger partial charge in [0.2, 0.25) is 5.91 Å². The number of aliphatic carboxylic acids is 1. The van der Waals surface area contributed by atoms with E-state index in [2.05, 4.69) is 5.32 Å². The summed E-state index contributed by atoms with van der Waals surface area (Å²) in [7, 11) is 0. The van der Waals surface area contributed by atoms with Gasteiger partial charge in [-0.05, 0) is 31.4 Å². The molecular formula is C15H20N2O3. The molecule has 1 fully saturated rings. The van der Waals surface area contributed by atoms with Crippen LogP contribution in [0.4, 0.5) is 5.69 Å². The van der Waals surface area contributed by atoms with Crippen LogP contribution in [0.5, 0.6) is 0 Å². The van der Waals surface area contributed by atoms with Crippen LogP contribution in [0.3, 0.4) is 0 Å². The zero-order valence-electron chi connectivity index (χ0n) is 11.4. The molecule has 0 aromatic heterocycles. The summed E-state index contributed by atoms with van der Waals surface area (Å²) in [4.78, 5) is 24.2. The number of hydrogen-bond donors (Lipinski definition) is 2. The third kappa shape index (κ3) is 4.06. The molecule has 108 valence electrons. The number of anilines is 1. The van der Waals surface area contributed by atoms with E-state index in [1.54, 1.807) is 12.1 Å². The van der Waals surface area contributed by atoms with E-state index in [0.717, 1.165) is 37.3 Å². The van der Waals surface area contributed by atoms with Gasteiger partial charge < -0.3 is 20.1 Å². The van der Waals surface area contributed by atoms with E-state index in [1.807, 2.05) is 18.2 Å². The lowest BCUT2D eigenvalue weighted by molar-refractivity contribution is -0.922. The Labute approximate surface area is 118 Å². The average molecular weight is 276 g/mol. The highest BCUT2D eigenvalue weighted by Gasteiger charge is 2.27. The number of carboxylic acids is 1. The molecule has 1 aliphatic rings. The molecule has 5 nitrogen and oxygen atoms in total. The highest BCUT2D eigenvalue weighted by atomic mass is 16.4. The Balaban J connectivity index is 1.93. The summed E-state index contributed by atoms with van der Waals surface area (Å²) in [6, 6.07) is 8.30. The average Bonchev–Trinajstić information content (AvgIpc) is 2.46. The summed E-state index contributed by atoms with van der Waals surface area (Å²) in [6.07, 6.45) is 3.13. The first-order valence-corrected chi connectivity index (χ1v) is 7.07. The van der Waals surface area contributed by atoms with Crippen LogP contribution in [-0.4, -0.2) is 31.0 Å². The first kappa shape index (κ1) is 14.5. The van der Waals surface area contributed by atoms with Crippen LogP contribution in [0.25, 0.3) is 0 Å². The quantitative estimate of drug-likeness (QED) is 0.739. The predicted octanol–water partition coefficient (Wildman–Crippen LogP) is -0.797. The summed E-state index contributed by atoms with van der Waals surface area (Å²) in [5, 5.41) is 14.0. The van der Waals surface area contributed by atoms with Crippen LogP contribution in [0.1, 0.15) is 25.7 Å². The number of hydrogen-bond acceptors (Lipinski definition) is 3. The number of rotatable bonds is 5. The summed E-state index contributed by atoms with van der Waals surface area (Å²) in [5.41, 5.74) is 0.684. The van der Waals surface area contributed by atoms with Crippen LogP contribution in [0, 0.1) is 0 Å². The van der Waals surface area contributed by atoms with Crippen molar-refractivity contribution in [1.29, 1.82) is 0 Å². The van der Waals surface area contributed by atoms with Gasteiger partial charge in [0.1, 0.15) is 6.04 Å². The first-order chi connectivity index (χ1) is 9.66. The largest absolute Gasteiger partial charge is 0.544 e. The standard InChI is InChI=1S/C15H20N2O3/c18-14(16-12-7-3-1-4-8-12)11-13(15(19)20)17-9-5-2-6-10-17/h1,3-4,7-8,13H,2,5-6,9-11H2,(H,16,18)(H,19,20)/t13-/m0/s1. The third-order valence-corrected chi connectivity index (χ3v) is 3.72. The van der Waals surface area contributed by atoms with Gasteiger partial charge in [-0.15, -0.1) is 0 Å². The van der Waals surface area contributed by atoms with Gasteiger partial charge in [-0.25, -0.2) is 0 Å². The molecule has 0 saturated carbocycles. The number of carbonyl (C=O) groups is 2. The Morgan fingerprint density at radius 2 is 1.80 bits per heavy atom. The maximum absolute atomic E-state index is 12.0. The van der Waals surface area contributed by atoms with E-state index in [9.17, 15) is 14.7 Å². The highest BCUT2D eigenvalue weighted by Crippen LogP contribution is 2.06. The molecule has 20 heavy (non-hydrogen) atoms. The molecule has 0 spiro atoms. The lowest BCUT2D eigenvalue weighted by Gasteiger charge is -2.31. The Morgan fingerprint density at radius 1 is 1.15 bits per heavy atom. The van der Waals surface area contributed by atoms with E-state index in [-0.39, 0.29) is 12.3 Å². The minimum absolute atomic E-state index is 0.0352. The smallest absolute Gasteiger partial charge is 0.230 e. The molecular weight excluding hydrogens is 256 g/mol. The zero-order valence-corrected chi connectivity index (χ0v) is 11.4. The Bertz CT molecular complexity index is 455. The number of para-hydroxylation sites is 1. The van der Waals surface area contributed by atoms with Crippen LogP contribution in [0.2, 0.25) is 0 Å². The van der Waals surface area contributed by atoms with E-state index < -0.39 is 12.0 Å². The molecule has 0 aliphatic carbocycles. The Kier molecular flexibility index (Phi) is 5.12. The minimum Gasteiger partial charge on any atom is -0.544 e. The van der Waals surface area contributed by atoms with Gasteiger partial charge in [-0.3, -0.25) is 4.79 Å². The molecule has 1 heterocycles. The molecule has 1 aromatic rings. The normalized spacial score (nSPS) is 17.4. The van der Waals surface area contributed by atoms with Crippen LogP contribution in [-0.2, 0) is 9.59 Å². The molecule has 1 amide bonds. The number of likely N-dealkylation sites (tertiary alicyclic amines) is 1. The van der Waals surface area contributed by atoms with Crippen molar-refractivity contribution in [3.05, 3.63) is 30.3 Å². The van der Waals surface area contributed by atoms with E-state index in [4.69, 9.17) is 0 Å². The molecule has 5 heteroatoms. The number of nitrogens with one attached hydrogen (secondary N) is 2. The molecule has 1 saturated heterocycles. The molecule has 0 radical (unpaired) electrons. The van der Waals surface area contributed by atoms with Gasteiger partial charge in [0.05, 0.1) is 25.5 Å². The van der Waals surface area contributed by atoms with E-state index in [0.29, 0.717) is 5.69 Å². The monoisotopic (exact) mass is 276 g/mol. The zero-order chi connectivity index (χ0) is 14.4. The van der Waals surface area contributed by atoms with Crippen molar-refractivity contribution in [2.75, 3.05) is 18.4 Å². The van der Waals surface area contributed by atoms with Gasteiger partial charge in [0, 0.05) is 5.69 Å². The SMILES string of the molecule is O=C(C[C@@H](C(=O)[O-])[NH+]1CCCCC1)Nc1ccccc1. The lowest BCUT2D eigenvalue weighted by Crippen LogP contribution is -3.18. The number of quaternary nitrogens is 1. The second-order valence-electron chi connectivity index (χ2n) is 5.21. The maximum atomic E-state index is 12.0. The minimum atomic E-state index is -1.13.